The summed E-state index contributed by atoms with van der Waals surface area (Å²) in [5, 5.41) is 5.09. The number of nitrogens with one attached hydrogen (secondary N) is 2. The van der Waals surface area contributed by atoms with Crippen LogP contribution >= 0.6 is 23.5 Å². The third-order valence-corrected chi connectivity index (χ3v) is 8.86. The van der Waals surface area contributed by atoms with E-state index in [-0.39, 0.29) is 71.8 Å². The van der Waals surface area contributed by atoms with E-state index in [2.05, 4.69) is 22.5 Å². The summed E-state index contributed by atoms with van der Waals surface area (Å²) in [5.41, 5.74) is 0. The van der Waals surface area contributed by atoms with Crippen molar-refractivity contribution in [2.45, 2.75) is 90.1 Å². The molecule has 0 radical (unpaired) electrons. The average molecular weight is 719 g/mol. The summed E-state index contributed by atoms with van der Waals surface area (Å²) in [6.45, 7) is 0.754. The first-order valence-corrected chi connectivity index (χ1v) is 19.5. The summed E-state index contributed by atoms with van der Waals surface area (Å²) in [6, 6.07) is 0. The van der Waals surface area contributed by atoms with E-state index in [0.717, 1.165) is 0 Å². The molecule has 0 saturated heterocycles. The van der Waals surface area contributed by atoms with Crippen LogP contribution < -0.4 is 10.6 Å². The highest BCUT2D eigenvalue weighted by atomic mass is 31.2. The van der Waals surface area contributed by atoms with Gasteiger partial charge in [0.25, 0.3) is 0 Å². The van der Waals surface area contributed by atoms with Crippen LogP contribution in [-0.4, -0.2) is 78.7 Å². The van der Waals surface area contributed by atoms with E-state index in [0.29, 0.717) is 51.4 Å². The molecular formula is C27H49N2O14P3. The highest BCUT2D eigenvalue weighted by Crippen LogP contribution is 2.45. The Labute approximate surface area is 271 Å². The number of phosphoric ester groups is 3. The predicted molar refractivity (Wildman–Crippen MR) is 169 cm³/mol. The van der Waals surface area contributed by atoms with E-state index in [1.54, 1.807) is 0 Å². The second kappa shape index (κ2) is 26.4. The molecular weight excluding hydrogens is 669 g/mol. The first-order chi connectivity index (χ1) is 21.8. The van der Waals surface area contributed by atoms with Gasteiger partial charge >= 0.3 is 23.5 Å². The Hall–Kier alpha value is -1.61. The number of hydrogen-bond donors (Lipinski definition) is 5. The van der Waals surface area contributed by atoms with Crippen LogP contribution in [0.3, 0.4) is 0 Å². The average Bonchev–Trinajstić information content (AvgIpc) is 2.97. The van der Waals surface area contributed by atoms with E-state index >= 15 is 0 Å². The lowest BCUT2D eigenvalue weighted by molar-refractivity contribution is -0.121. The normalized spacial score (nSPS) is 15.8. The number of rotatable bonds is 30. The molecule has 0 aromatic heterocycles. The van der Waals surface area contributed by atoms with Gasteiger partial charge in [0.1, 0.15) is 6.10 Å². The second-order valence-corrected chi connectivity index (χ2v) is 14.0. The molecule has 0 heterocycles. The molecule has 0 aliphatic heterocycles. The molecule has 0 rings (SSSR count). The number of hydrogen-bond acceptors (Lipinski definition) is 11. The first kappa shape index (κ1) is 44.4. The smallest absolute Gasteiger partial charge is 0.353 e. The van der Waals surface area contributed by atoms with Crippen LogP contribution in [0.2, 0.25) is 0 Å². The molecule has 0 spiro atoms. The zero-order valence-electron chi connectivity index (χ0n) is 26.3. The van der Waals surface area contributed by atoms with Crippen LogP contribution in [0.4, 0.5) is 0 Å². The summed E-state index contributed by atoms with van der Waals surface area (Å²) in [4.78, 5) is 53.7. The van der Waals surface area contributed by atoms with Gasteiger partial charge in [-0.2, -0.15) is 0 Å². The van der Waals surface area contributed by atoms with Crippen LogP contribution in [0, 0.1) is 24.7 Å². The zero-order chi connectivity index (χ0) is 34.7. The van der Waals surface area contributed by atoms with Gasteiger partial charge in [-0.05, 0) is 58.3 Å². The van der Waals surface area contributed by atoms with Crippen molar-refractivity contribution in [1.29, 1.82) is 0 Å². The van der Waals surface area contributed by atoms with E-state index < -0.39 is 41.4 Å². The maximum absolute atomic E-state index is 12.3. The van der Waals surface area contributed by atoms with Crippen molar-refractivity contribution >= 4 is 35.3 Å². The van der Waals surface area contributed by atoms with Crippen molar-refractivity contribution in [2.24, 2.45) is 0 Å². The number of carbonyl (C=O) groups excluding carboxylic acids is 2. The van der Waals surface area contributed by atoms with Gasteiger partial charge in [-0.3, -0.25) is 36.7 Å². The van der Waals surface area contributed by atoms with Crippen molar-refractivity contribution in [3.8, 4) is 24.7 Å². The van der Waals surface area contributed by atoms with Crippen molar-refractivity contribution in [3.63, 3.8) is 0 Å². The van der Waals surface area contributed by atoms with Crippen LogP contribution in [0.1, 0.15) is 84.0 Å². The van der Waals surface area contributed by atoms with Gasteiger partial charge in [-0.25, -0.2) is 13.7 Å². The number of amides is 2. The second-order valence-electron chi connectivity index (χ2n) is 9.73. The van der Waals surface area contributed by atoms with Gasteiger partial charge in [0.05, 0.1) is 33.0 Å². The molecule has 0 fully saturated rings. The molecule has 16 nitrogen and oxygen atoms in total. The van der Waals surface area contributed by atoms with Crippen molar-refractivity contribution in [2.75, 3.05) is 46.1 Å². The van der Waals surface area contributed by atoms with E-state index in [1.165, 1.54) is 6.92 Å². The SMILES string of the molecule is C#CCCCCOP(=O)(O)OCCCCC(=O)NCC(CNC(=O)CCCCOP(=O)(O)OCCCCC#C)OP(=O)(O)OCC. The fourth-order valence-electron chi connectivity index (χ4n) is 3.39. The first-order valence-electron chi connectivity index (χ1n) is 15.1. The maximum Gasteiger partial charge on any atom is 0.472 e. The van der Waals surface area contributed by atoms with Gasteiger partial charge < -0.3 is 25.3 Å². The Bertz CT molecular complexity index is 1020. The molecule has 2 amide bonds. The van der Waals surface area contributed by atoms with Crippen molar-refractivity contribution < 1.29 is 65.1 Å². The summed E-state index contributed by atoms with van der Waals surface area (Å²) < 4.78 is 65.0. The van der Waals surface area contributed by atoms with Crippen LogP contribution in [0.5, 0.6) is 0 Å². The minimum atomic E-state index is -4.47. The summed E-state index contributed by atoms with van der Waals surface area (Å²) in [6.07, 6.45) is 13.8. The zero-order valence-corrected chi connectivity index (χ0v) is 29.0. The van der Waals surface area contributed by atoms with Crippen molar-refractivity contribution in [3.05, 3.63) is 0 Å². The molecule has 0 aliphatic rings. The summed E-state index contributed by atoms with van der Waals surface area (Å²) in [7, 11) is -12.9. The summed E-state index contributed by atoms with van der Waals surface area (Å²) >= 11 is 0. The molecule has 5 N–H and O–H groups in total. The molecule has 266 valence electrons. The number of carbonyl (C=O) groups is 2. The number of unbranched alkanes of at least 4 members (excludes halogenated alkanes) is 6. The number of phosphoric acid groups is 3. The highest BCUT2D eigenvalue weighted by Gasteiger charge is 2.27. The molecule has 0 bridgehead atoms. The van der Waals surface area contributed by atoms with Crippen LogP contribution in [-0.2, 0) is 50.4 Å². The third-order valence-electron chi connectivity index (χ3n) is 5.67. The Morgan fingerprint density at radius 1 is 0.630 bits per heavy atom. The Balaban J connectivity index is 4.43. The van der Waals surface area contributed by atoms with E-state index in [4.69, 9.17) is 40.0 Å². The molecule has 0 aliphatic carbocycles. The lowest BCUT2D eigenvalue weighted by atomic mass is 10.2. The molecule has 0 aromatic rings. The standard InChI is InChI=1S/C27H49N2O14P3/c1-4-7-9-13-19-39-44(32,33)41-21-15-11-17-26(30)28-23-25(43-46(36,37)38-6-3)24-29-27(31)18-12-16-22-42-45(34,35)40-20-14-10-8-5-2/h1-2,25H,6-24H2,3H3,(H,28,30)(H,29,31)(H,32,33)(H,34,35)(H,36,37). The van der Waals surface area contributed by atoms with Gasteiger partial charge in [0.15, 0.2) is 0 Å². The van der Waals surface area contributed by atoms with Gasteiger partial charge in [0.2, 0.25) is 11.8 Å². The Kier molecular flexibility index (Phi) is 25.4. The fraction of sp³-hybridized carbons (Fsp3) is 0.778. The van der Waals surface area contributed by atoms with Gasteiger partial charge in [-0.1, -0.05) is 0 Å². The number of terminal acetylenes is 2. The van der Waals surface area contributed by atoms with Crippen LogP contribution in [0.25, 0.3) is 0 Å². The Morgan fingerprint density at radius 3 is 1.35 bits per heavy atom. The topological polar surface area (TPSA) is 225 Å². The molecule has 3 atom stereocenters. The third kappa shape index (κ3) is 27.5. The molecule has 46 heavy (non-hydrogen) atoms. The van der Waals surface area contributed by atoms with E-state index in [1.807, 2.05) is 0 Å². The molecule has 0 saturated carbocycles. The quantitative estimate of drug-likeness (QED) is 0.0403. The molecule has 19 heteroatoms. The summed E-state index contributed by atoms with van der Waals surface area (Å²) in [5.74, 6) is 4.05. The van der Waals surface area contributed by atoms with Crippen molar-refractivity contribution in [1.82, 2.24) is 10.6 Å². The minimum absolute atomic E-state index is 0.0208. The highest BCUT2D eigenvalue weighted by molar-refractivity contribution is 7.47. The minimum Gasteiger partial charge on any atom is -0.353 e. The largest absolute Gasteiger partial charge is 0.472 e. The monoisotopic (exact) mass is 718 g/mol. The van der Waals surface area contributed by atoms with E-state index in [9.17, 15) is 38.0 Å². The lowest BCUT2D eigenvalue weighted by Gasteiger charge is -2.21. The molecule has 3 unspecified atom stereocenters. The fourth-order valence-corrected chi connectivity index (χ4v) is 5.89. The molecule has 0 aromatic carbocycles. The Morgan fingerprint density at radius 2 is 1.00 bits per heavy atom. The van der Waals surface area contributed by atoms with Gasteiger partial charge in [-0.15, -0.1) is 24.7 Å². The maximum atomic E-state index is 12.3. The van der Waals surface area contributed by atoms with Gasteiger partial charge in [0, 0.05) is 38.8 Å². The lowest BCUT2D eigenvalue weighted by Crippen LogP contribution is -2.41. The predicted octanol–water partition coefficient (Wildman–Crippen LogP) is 3.96. The van der Waals surface area contributed by atoms with Crippen LogP contribution in [0.15, 0.2) is 0 Å².